The predicted octanol–water partition coefficient (Wildman–Crippen LogP) is 3.47. The molecule has 4 nitrogen and oxygen atoms in total. The second-order valence-electron chi connectivity index (χ2n) is 5.02. The van der Waals surface area contributed by atoms with Gasteiger partial charge in [0.25, 0.3) is 0 Å². The van der Waals surface area contributed by atoms with Gasteiger partial charge in [0.2, 0.25) is 0 Å². The summed E-state index contributed by atoms with van der Waals surface area (Å²) in [6, 6.07) is 16.5. The Kier molecular flexibility index (Phi) is 2.78. The number of aromatic nitrogens is 4. The van der Waals surface area contributed by atoms with Gasteiger partial charge in [-0.05, 0) is 11.6 Å². The Morgan fingerprint density at radius 1 is 1.00 bits per heavy atom. The van der Waals surface area contributed by atoms with Gasteiger partial charge in [0.1, 0.15) is 0 Å². The Morgan fingerprint density at radius 3 is 2.81 bits per heavy atom. The number of imidazole rings is 1. The van der Waals surface area contributed by atoms with E-state index < -0.39 is 0 Å². The van der Waals surface area contributed by atoms with Crippen molar-refractivity contribution in [2.45, 2.75) is 6.54 Å². The summed E-state index contributed by atoms with van der Waals surface area (Å²) in [7, 11) is 0. The zero-order valence-corrected chi connectivity index (χ0v) is 11.4. The lowest BCUT2D eigenvalue weighted by Crippen LogP contribution is -1.99. The number of nitrogens with zero attached hydrogens (tertiary/aromatic N) is 3. The monoisotopic (exact) mass is 274 g/mol. The van der Waals surface area contributed by atoms with Gasteiger partial charge >= 0.3 is 0 Å². The Morgan fingerprint density at radius 2 is 1.90 bits per heavy atom. The molecule has 0 aliphatic rings. The summed E-state index contributed by atoms with van der Waals surface area (Å²) in [5, 5.41) is 4.46. The molecule has 102 valence electrons. The highest BCUT2D eigenvalue weighted by atomic mass is 15.3. The van der Waals surface area contributed by atoms with Gasteiger partial charge in [0, 0.05) is 17.3 Å². The third-order valence-corrected chi connectivity index (χ3v) is 3.58. The summed E-state index contributed by atoms with van der Waals surface area (Å²) in [6.45, 7) is 0.775. The van der Waals surface area contributed by atoms with Gasteiger partial charge in [-0.1, -0.05) is 42.5 Å². The number of para-hydroxylation sites is 1. The van der Waals surface area contributed by atoms with E-state index >= 15 is 0 Å². The van der Waals surface area contributed by atoms with Crippen molar-refractivity contribution < 1.29 is 0 Å². The molecule has 4 rings (SSSR count). The SMILES string of the molecule is c1ccc(Cn2cc(-c3cccc4[nH]cnc34)cn2)cc1. The van der Waals surface area contributed by atoms with E-state index in [0.29, 0.717) is 0 Å². The summed E-state index contributed by atoms with van der Waals surface area (Å²) >= 11 is 0. The van der Waals surface area contributed by atoms with Gasteiger partial charge in [-0.3, -0.25) is 4.68 Å². The first-order valence-electron chi connectivity index (χ1n) is 6.89. The van der Waals surface area contributed by atoms with Gasteiger partial charge in [-0.2, -0.15) is 5.10 Å². The van der Waals surface area contributed by atoms with Gasteiger partial charge in [0.15, 0.2) is 0 Å². The average Bonchev–Trinajstić information content (AvgIpc) is 3.16. The van der Waals surface area contributed by atoms with E-state index in [0.717, 1.165) is 28.7 Å². The molecule has 4 heteroatoms. The number of hydrogen-bond donors (Lipinski definition) is 1. The zero-order chi connectivity index (χ0) is 14.1. The van der Waals surface area contributed by atoms with Crippen molar-refractivity contribution in [3.63, 3.8) is 0 Å². The van der Waals surface area contributed by atoms with Crippen LogP contribution < -0.4 is 0 Å². The van der Waals surface area contributed by atoms with Gasteiger partial charge < -0.3 is 4.98 Å². The first-order chi connectivity index (χ1) is 10.4. The molecule has 0 spiro atoms. The molecule has 2 aromatic carbocycles. The molecule has 0 saturated heterocycles. The molecule has 0 saturated carbocycles. The highest BCUT2D eigenvalue weighted by Gasteiger charge is 2.08. The minimum atomic E-state index is 0.775. The van der Waals surface area contributed by atoms with Crippen LogP contribution in [-0.2, 0) is 6.54 Å². The standard InChI is InChI=1S/C17H14N4/c1-2-5-13(6-3-1)10-21-11-14(9-20-21)15-7-4-8-16-17(15)19-12-18-16/h1-9,11-12H,10H2,(H,18,19). The first-order valence-corrected chi connectivity index (χ1v) is 6.89. The van der Waals surface area contributed by atoms with E-state index in [9.17, 15) is 0 Å². The number of hydrogen-bond acceptors (Lipinski definition) is 2. The van der Waals surface area contributed by atoms with Crippen LogP contribution in [0, 0.1) is 0 Å². The second-order valence-corrected chi connectivity index (χ2v) is 5.02. The fourth-order valence-corrected chi connectivity index (χ4v) is 2.56. The van der Waals surface area contributed by atoms with E-state index in [1.165, 1.54) is 5.56 Å². The molecule has 0 radical (unpaired) electrons. The van der Waals surface area contributed by atoms with E-state index in [2.05, 4.69) is 39.5 Å². The maximum absolute atomic E-state index is 4.46. The van der Waals surface area contributed by atoms with Crippen LogP contribution >= 0.6 is 0 Å². The number of nitrogens with one attached hydrogen (secondary N) is 1. The van der Waals surface area contributed by atoms with Crippen LogP contribution in [0.5, 0.6) is 0 Å². The van der Waals surface area contributed by atoms with Gasteiger partial charge in [-0.15, -0.1) is 0 Å². The van der Waals surface area contributed by atoms with Gasteiger partial charge in [-0.25, -0.2) is 4.98 Å². The number of fused-ring (bicyclic) bond motifs is 1. The van der Waals surface area contributed by atoms with Crippen LogP contribution in [0.1, 0.15) is 5.56 Å². The lowest BCUT2D eigenvalue weighted by atomic mass is 10.1. The summed E-state index contributed by atoms with van der Waals surface area (Å²) in [5.41, 5.74) is 5.46. The van der Waals surface area contributed by atoms with E-state index in [1.54, 1.807) is 6.33 Å². The van der Waals surface area contributed by atoms with Crippen molar-refractivity contribution in [2.75, 3.05) is 0 Å². The molecule has 0 unspecified atom stereocenters. The molecule has 0 fully saturated rings. The fourth-order valence-electron chi connectivity index (χ4n) is 2.56. The summed E-state index contributed by atoms with van der Waals surface area (Å²) in [6.07, 6.45) is 5.69. The van der Waals surface area contributed by atoms with Gasteiger partial charge in [0.05, 0.1) is 30.1 Å². The molecule has 0 bridgehead atoms. The second kappa shape index (κ2) is 4.90. The molecular formula is C17H14N4. The average molecular weight is 274 g/mol. The molecule has 0 amide bonds. The third kappa shape index (κ3) is 2.21. The molecule has 1 N–H and O–H groups in total. The minimum absolute atomic E-state index is 0.775. The van der Waals surface area contributed by atoms with Crippen LogP contribution in [0.3, 0.4) is 0 Å². The highest BCUT2D eigenvalue weighted by molar-refractivity contribution is 5.91. The van der Waals surface area contributed by atoms with Crippen molar-refractivity contribution >= 4 is 11.0 Å². The molecule has 0 aliphatic heterocycles. The van der Waals surface area contributed by atoms with Crippen molar-refractivity contribution in [3.05, 3.63) is 72.8 Å². The highest BCUT2D eigenvalue weighted by Crippen LogP contribution is 2.26. The first kappa shape index (κ1) is 11.9. The summed E-state index contributed by atoms with van der Waals surface area (Å²) in [5.74, 6) is 0. The lowest BCUT2D eigenvalue weighted by molar-refractivity contribution is 0.687. The van der Waals surface area contributed by atoms with Crippen molar-refractivity contribution in [1.29, 1.82) is 0 Å². The summed E-state index contributed by atoms with van der Waals surface area (Å²) in [4.78, 5) is 7.53. The van der Waals surface area contributed by atoms with Crippen molar-refractivity contribution in [2.24, 2.45) is 0 Å². The minimum Gasteiger partial charge on any atom is -0.345 e. The Hall–Kier alpha value is -2.88. The molecule has 0 aliphatic carbocycles. The molecule has 21 heavy (non-hydrogen) atoms. The quantitative estimate of drug-likeness (QED) is 0.621. The van der Waals surface area contributed by atoms with Crippen LogP contribution in [0.2, 0.25) is 0 Å². The van der Waals surface area contributed by atoms with Crippen molar-refractivity contribution in [1.82, 2.24) is 19.7 Å². The van der Waals surface area contributed by atoms with E-state index in [4.69, 9.17) is 0 Å². The Labute approximate surface area is 122 Å². The van der Waals surface area contributed by atoms with Crippen molar-refractivity contribution in [3.8, 4) is 11.1 Å². The third-order valence-electron chi connectivity index (χ3n) is 3.58. The summed E-state index contributed by atoms with van der Waals surface area (Å²) < 4.78 is 1.95. The van der Waals surface area contributed by atoms with Crippen LogP contribution in [0.25, 0.3) is 22.2 Å². The molecule has 2 aromatic heterocycles. The molecule has 0 atom stereocenters. The largest absolute Gasteiger partial charge is 0.345 e. The Bertz CT molecular complexity index is 874. The molecule has 4 aromatic rings. The smallest absolute Gasteiger partial charge is 0.0961 e. The maximum Gasteiger partial charge on any atom is 0.0961 e. The van der Waals surface area contributed by atoms with E-state index in [1.807, 2.05) is 41.2 Å². The Balaban J connectivity index is 1.70. The zero-order valence-electron chi connectivity index (χ0n) is 11.4. The van der Waals surface area contributed by atoms with Crippen LogP contribution in [0.4, 0.5) is 0 Å². The van der Waals surface area contributed by atoms with E-state index in [-0.39, 0.29) is 0 Å². The molecule has 2 heterocycles. The lowest BCUT2D eigenvalue weighted by Gasteiger charge is -2.01. The number of aromatic amines is 1. The normalized spacial score (nSPS) is 11.0. The van der Waals surface area contributed by atoms with Crippen LogP contribution in [0.15, 0.2) is 67.3 Å². The predicted molar refractivity (Wildman–Crippen MR) is 82.9 cm³/mol. The topological polar surface area (TPSA) is 46.5 Å². The number of benzene rings is 2. The fraction of sp³-hybridized carbons (Fsp3) is 0.0588. The number of rotatable bonds is 3. The van der Waals surface area contributed by atoms with Crippen LogP contribution in [-0.4, -0.2) is 19.7 Å². The number of H-pyrrole nitrogens is 1. The molecular weight excluding hydrogens is 260 g/mol. The maximum atomic E-state index is 4.46.